The van der Waals surface area contributed by atoms with Crippen LogP contribution in [0.15, 0.2) is 76.1 Å². The number of allylic oxidation sites excluding steroid dienone is 1. The van der Waals surface area contributed by atoms with Crippen LogP contribution in [0.3, 0.4) is 0 Å². The third-order valence-electron chi connectivity index (χ3n) is 4.06. The SMILES string of the molecule is COc1cc(/C=C(\C#N)c2ccc(Br)cc2)cc(I)c1OS(=O)(=O)c1ccccc1. The fourth-order valence-electron chi connectivity index (χ4n) is 2.63. The van der Waals surface area contributed by atoms with Crippen LogP contribution in [0.5, 0.6) is 11.5 Å². The Morgan fingerprint density at radius 1 is 1.10 bits per heavy atom. The van der Waals surface area contributed by atoms with Gasteiger partial charge >= 0.3 is 10.1 Å². The van der Waals surface area contributed by atoms with Gasteiger partial charge in [-0.1, -0.05) is 46.3 Å². The van der Waals surface area contributed by atoms with Crippen molar-refractivity contribution in [3.63, 3.8) is 0 Å². The Labute approximate surface area is 197 Å². The topological polar surface area (TPSA) is 76.4 Å². The molecule has 0 saturated carbocycles. The number of methoxy groups -OCH3 is 1. The lowest BCUT2D eigenvalue weighted by Gasteiger charge is -2.13. The van der Waals surface area contributed by atoms with Crippen molar-refractivity contribution in [3.8, 4) is 17.6 Å². The van der Waals surface area contributed by atoms with E-state index in [1.165, 1.54) is 19.2 Å². The number of benzene rings is 3. The van der Waals surface area contributed by atoms with Crippen molar-refractivity contribution in [3.05, 3.63) is 85.9 Å². The summed E-state index contributed by atoms with van der Waals surface area (Å²) < 4.78 is 37.4. The minimum Gasteiger partial charge on any atom is -0.493 e. The maximum atomic E-state index is 12.6. The number of rotatable bonds is 6. The number of ether oxygens (including phenoxy) is 1. The second-order valence-electron chi connectivity index (χ2n) is 6.06. The second kappa shape index (κ2) is 9.64. The maximum absolute atomic E-state index is 12.6. The van der Waals surface area contributed by atoms with Gasteiger partial charge < -0.3 is 8.92 Å². The molecule has 30 heavy (non-hydrogen) atoms. The minimum atomic E-state index is -4.01. The van der Waals surface area contributed by atoms with Gasteiger partial charge in [0.25, 0.3) is 0 Å². The molecule has 0 saturated heterocycles. The Bertz CT molecular complexity index is 1230. The first kappa shape index (κ1) is 22.3. The molecule has 0 radical (unpaired) electrons. The summed E-state index contributed by atoms with van der Waals surface area (Å²) >= 11 is 5.36. The van der Waals surface area contributed by atoms with Crippen LogP contribution >= 0.6 is 38.5 Å². The summed E-state index contributed by atoms with van der Waals surface area (Å²) in [5.74, 6) is 0.349. The first-order chi connectivity index (χ1) is 14.3. The van der Waals surface area contributed by atoms with Crippen molar-refractivity contribution >= 4 is 60.3 Å². The molecule has 0 aromatic heterocycles. The van der Waals surface area contributed by atoms with Gasteiger partial charge in [-0.05, 0) is 76.2 Å². The molecule has 8 heteroatoms. The summed E-state index contributed by atoms with van der Waals surface area (Å²) in [6.07, 6.45) is 1.71. The molecule has 0 N–H and O–H groups in total. The molecule has 0 fully saturated rings. The zero-order valence-corrected chi connectivity index (χ0v) is 20.2. The van der Waals surface area contributed by atoms with E-state index in [-0.39, 0.29) is 16.4 Å². The standard InChI is InChI=1S/C22H15BrINO4S/c1-28-21-13-15(11-17(14-25)16-7-9-18(23)10-8-16)12-20(24)22(21)29-30(26,27)19-5-3-2-4-6-19/h2-13H,1H3/b17-11+. The van der Waals surface area contributed by atoms with Gasteiger partial charge in [0, 0.05) is 4.47 Å². The van der Waals surface area contributed by atoms with Gasteiger partial charge in [-0.3, -0.25) is 0 Å². The second-order valence-corrected chi connectivity index (χ2v) is 9.69. The third-order valence-corrected chi connectivity index (χ3v) is 6.63. The van der Waals surface area contributed by atoms with E-state index >= 15 is 0 Å². The Balaban J connectivity index is 2.00. The molecule has 0 aliphatic rings. The molecule has 0 amide bonds. The molecule has 3 rings (SSSR count). The van der Waals surface area contributed by atoms with Gasteiger partial charge in [0.05, 0.1) is 22.3 Å². The van der Waals surface area contributed by atoms with Crippen LogP contribution < -0.4 is 8.92 Å². The Hall–Kier alpha value is -2.35. The molecular formula is C22H15BrINO4S. The highest BCUT2D eigenvalue weighted by molar-refractivity contribution is 14.1. The first-order valence-corrected chi connectivity index (χ1v) is 11.9. The molecule has 0 spiro atoms. The molecule has 0 aliphatic heterocycles. The molecule has 0 heterocycles. The molecular weight excluding hydrogens is 581 g/mol. The molecule has 0 aliphatic carbocycles. The zero-order chi connectivity index (χ0) is 21.7. The largest absolute Gasteiger partial charge is 0.493 e. The lowest BCUT2D eigenvalue weighted by Crippen LogP contribution is -2.11. The summed E-state index contributed by atoms with van der Waals surface area (Å²) in [6, 6.07) is 20.8. The van der Waals surface area contributed by atoms with E-state index in [1.807, 2.05) is 46.9 Å². The van der Waals surface area contributed by atoms with Gasteiger partial charge in [0.15, 0.2) is 11.5 Å². The van der Waals surface area contributed by atoms with Crippen LogP contribution in [-0.2, 0) is 10.1 Å². The Kier molecular flexibility index (Phi) is 7.18. The van der Waals surface area contributed by atoms with Gasteiger partial charge in [-0.25, -0.2) is 0 Å². The highest BCUT2D eigenvalue weighted by Gasteiger charge is 2.21. The lowest BCUT2D eigenvalue weighted by atomic mass is 10.0. The van der Waals surface area contributed by atoms with E-state index in [0.717, 1.165) is 10.0 Å². The van der Waals surface area contributed by atoms with E-state index < -0.39 is 10.1 Å². The van der Waals surface area contributed by atoms with Crippen LogP contribution in [0.25, 0.3) is 11.6 Å². The van der Waals surface area contributed by atoms with Crippen LogP contribution in [-0.4, -0.2) is 15.5 Å². The molecule has 152 valence electrons. The molecule has 5 nitrogen and oxygen atoms in total. The van der Waals surface area contributed by atoms with E-state index in [1.54, 1.807) is 36.4 Å². The quantitative estimate of drug-likeness (QED) is 0.154. The summed E-state index contributed by atoms with van der Waals surface area (Å²) in [6.45, 7) is 0. The van der Waals surface area contributed by atoms with Crippen molar-refractivity contribution in [2.45, 2.75) is 4.90 Å². The van der Waals surface area contributed by atoms with Crippen molar-refractivity contribution in [2.75, 3.05) is 7.11 Å². The molecule has 0 unspecified atom stereocenters. The van der Waals surface area contributed by atoms with Crippen LogP contribution in [0.2, 0.25) is 0 Å². The fraction of sp³-hybridized carbons (Fsp3) is 0.0455. The number of nitriles is 1. The van der Waals surface area contributed by atoms with E-state index in [9.17, 15) is 13.7 Å². The predicted molar refractivity (Wildman–Crippen MR) is 128 cm³/mol. The Morgan fingerprint density at radius 2 is 1.77 bits per heavy atom. The van der Waals surface area contributed by atoms with Crippen LogP contribution in [0, 0.1) is 14.9 Å². The van der Waals surface area contributed by atoms with Gasteiger partial charge in [-0.2, -0.15) is 13.7 Å². The summed E-state index contributed by atoms with van der Waals surface area (Å²) in [5, 5.41) is 9.57. The van der Waals surface area contributed by atoms with Crippen molar-refractivity contribution in [1.82, 2.24) is 0 Å². The molecule has 0 bridgehead atoms. The molecule has 3 aromatic rings. The van der Waals surface area contributed by atoms with Crippen molar-refractivity contribution < 1.29 is 17.3 Å². The number of nitrogens with zero attached hydrogens (tertiary/aromatic N) is 1. The predicted octanol–water partition coefficient (Wildman–Crippen LogP) is 5.89. The zero-order valence-electron chi connectivity index (χ0n) is 15.7. The smallest absolute Gasteiger partial charge is 0.339 e. The maximum Gasteiger partial charge on any atom is 0.339 e. The van der Waals surface area contributed by atoms with Crippen LogP contribution in [0.4, 0.5) is 0 Å². The normalized spacial score (nSPS) is 11.6. The molecule has 0 atom stereocenters. The van der Waals surface area contributed by atoms with E-state index in [4.69, 9.17) is 8.92 Å². The third kappa shape index (κ3) is 5.22. The number of halogens is 2. The van der Waals surface area contributed by atoms with Gasteiger partial charge in [0.2, 0.25) is 0 Å². The number of hydrogen-bond acceptors (Lipinski definition) is 5. The highest BCUT2D eigenvalue weighted by Crippen LogP contribution is 2.37. The average Bonchev–Trinajstić information content (AvgIpc) is 2.75. The summed E-state index contributed by atoms with van der Waals surface area (Å²) in [5.41, 5.74) is 1.91. The van der Waals surface area contributed by atoms with Crippen molar-refractivity contribution in [1.29, 1.82) is 5.26 Å². The van der Waals surface area contributed by atoms with E-state index in [2.05, 4.69) is 22.0 Å². The minimum absolute atomic E-state index is 0.0498. The first-order valence-electron chi connectivity index (χ1n) is 8.59. The van der Waals surface area contributed by atoms with Gasteiger partial charge in [0.1, 0.15) is 4.90 Å². The lowest BCUT2D eigenvalue weighted by molar-refractivity contribution is 0.389. The fourth-order valence-corrected chi connectivity index (χ4v) is 4.75. The Morgan fingerprint density at radius 3 is 2.37 bits per heavy atom. The molecule has 3 aromatic carbocycles. The summed E-state index contributed by atoms with van der Waals surface area (Å²) in [7, 11) is -2.58. The highest BCUT2D eigenvalue weighted by atomic mass is 127. The van der Waals surface area contributed by atoms with Crippen LogP contribution in [0.1, 0.15) is 11.1 Å². The number of hydrogen-bond donors (Lipinski definition) is 0. The van der Waals surface area contributed by atoms with E-state index in [0.29, 0.717) is 14.7 Å². The average molecular weight is 596 g/mol. The van der Waals surface area contributed by atoms with Gasteiger partial charge in [-0.15, -0.1) is 0 Å². The monoisotopic (exact) mass is 595 g/mol. The summed E-state index contributed by atoms with van der Waals surface area (Å²) in [4.78, 5) is 0.0498. The van der Waals surface area contributed by atoms with Crippen molar-refractivity contribution in [2.24, 2.45) is 0 Å².